The van der Waals surface area contributed by atoms with Gasteiger partial charge in [-0.05, 0) is 23.6 Å². The minimum atomic E-state index is -3.81. The second-order valence-corrected chi connectivity index (χ2v) is 8.73. The number of hydrogen-bond acceptors (Lipinski definition) is 2. The van der Waals surface area contributed by atoms with Crippen molar-refractivity contribution in [3.63, 3.8) is 0 Å². The van der Waals surface area contributed by atoms with Crippen LogP contribution in [0.5, 0.6) is 0 Å². The van der Waals surface area contributed by atoms with Crippen LogP contribution in [0.25, 0.3) is 0 Å². The van der Waals surface area contributed by atoms with Crippen LogP contribution in [0.15, 0.2) is 0 Å². The van der Waals surface area contributed by atoms with Crippen molar-refractivity contribution < 1.29 is 60.3 Å². The molecule has 0 aromatic heterocycles. The maximum absolute atomic E-state index is 7.56. The molecule has 21 heavy (non-hydrogen) atoms. The third-order valence-electron chi connectivity index (χ3n) is 1.41. The normalized spacial score (nSPS) is 9.62. The van der Waals surface area contributed by atoms with Gasteiger partial charge in [0.05, 0.1) is 0 Å². The van der Waals surface area contributed by atoms with Crippen molar-refractivity contribution >= 4 is 37.1 Å². The van der Waals surface area contributed by atoms with Crippen molar-refractivity contribution in [3.05, 3.63) is 0 Å². The molecule has 0 aromatic rings. The van der Waals surface area contributed by atoms with E-state index < -0.39 is 13.4 Å². The van der Waals surface area contributed by atoms with Crippen LogP contribution in [-0.4, -0.2) is 29.4 Å². The third kappa shape index (κ3) is 242. The molecule has 0 heterocycles. The largest absolute Gasteiger partial charge is 1.00 e. The minimum Gasteiger partial charge on any atom is -1.00 e. The Kier molecular flexibility index (Phi) is 39.8. The summed E-state index contributed by atoms with van der Waals surface area (Å²) in [6.45, 7) is 1.24. The summed E-state index contributed by atoms with van der Waals surface area (Å²) in [6.07, 6.45) is 8.15. The molecule has 6 N–H and O–H groups in total. The zero-order chi connectivity index (χ0) is 17.2. The molecular formula is C10H31NaO6P2S2. The average Bonchev–Trinajstić information content (AvgIpc) is 2.15. The van der Waals surface area contributed by atoms with Crippen molar-refractivity contribution in [2.75, 3.05) is 0 Å². The van der Waals surface area contributed by atoms with E-state index in [0.29, 0.717) is 0 Å². The zero-order valence-electron chi connectivity index (χ0n) is 14.6. The van der Waals surface area contributed by atoms with E-state index in [9.17, 15) is 0 Å². The maximum Gasteiger partial charge on any atom is 1.00 e. The van der Waals surface area contributed by atoms with Gasteiger partial charge >= 0.3 is 43.0 Å². The Bertz CT molecular complexity index is 219. The van der Waals surface area contributed by atoms with E-state index >= 15 is 0 Å². The molecule has 0 saturated carbocycles. The van der Waals surface area contributed by atoms with Crippen molar-refractivity contribution in [1.29, 1.82) is 0 Å². The van der Waals surface area contributed by atoms with E-state index in [-0.39, 0.29) is 31.0 Å². The molecule has 0 fully saturated rings. The van der Waals surface area contributed by atoms with Crippen molar-refractivity contribution in [1.82, 2.24) is 0 Å². The summed E-state index contributed by atoms with van der Waals surface area (Å²) >= 11 is 7.21. The van der Waals surface area contributed by atoms with Crippen LogP contribution in [0.2, 0.25) is 0 Å². The quantitative estimate of drug-likeness (QED) is 0.288. The van der Waals surface area contributed by atoms with E-state index in [0.717, 1.165) is 0 Å². The Morgan fingerprint density at radius 3 is 0.714 bits per heavy atom. The molecule has 0 unspecified atom stereocenters. The summed E-state index contributed by atoms with van der Waals surface area (Å²) in [5.41, 5.74) is 0. The molecule has 0 aliphatic rings. The van der Waals surface area contributed by atoms with Gasteiger partial charge in [0.25, 0.3) is 0 Å². The van der Waals surface area contributed by atoms with E-state index in [4.69, 9.17) is 29.4 Å². The van der Waals surface area contributed by atoms with E-state index in [2.05, 4.69) is 51.3 Å². The molecule has 0 radical (unpaired) electrons. The van der Waals surface area contributed by atoms with E-state index in [1.165, 1.54) is 38.5 Å². The monoisotopic (exact) mass is 396 g/mol. The molecule has 11 heteroatoms. The first kappa shape index (κ1) is 34.4. The van der Waals surface area contributed by atoms with Crippen LogP contribution >= 0.6 is 13.4 Å². The fraction of sp³-hybridized carbons (Fsp3) is 1.00. The zero-order valence-corrected chi connectivity index (χ0v) is 19.1. The average molecular weight is 396 g/mol. The summed E-state index contributed by atoms with van der Waals surface area (Å²) < 4.78 is 0. The van der Waals surface area contributed by atoms with E-state index in [1.54, 1.807) is 0 Å². The molecule has 0 bridgehead atoms. The van der Waals surface area contributed by atoms with Gasteiger partial charge in [0, 0.05) is 0 Å². The second-order valence-electron chi connectivity index (χ2n) is 3.73. The molecule has 0 spiro atoms. The standard InChI is InChI=1S/2C5H12.Na.2H3O3PS.H/c2*1-3-5-4-2;;2*1-4(2,3)5;/h2*3-5H2,1-2H3;;2*(H3,1,2,3,5);/q;;+1;;;-1. The smallest absolute Gasteiger partial charge is 1.00 e. The SMILES string of the molecule is CCCCC.CCCCC.OP(O)(O)=S.OP(O)(O)=S.[H-].[Na+]. The first-order chi connectivity index (χ1) is 8.83. The Morgan fingerprint density at radius 1 is 0.619 bits per heavy atom. The van der Waals surface area contributed by atoms with Gasteiger partial charge in [-0.1, -0.05) is 66.2 Å². The molecule has 6 nitrogen and oxygen atoms in total. The summed E-state index contributed by atoms with van der Waals surface area (Å²) in [7, 11) is 0. The van der Waals surface area contributed by atoms with Gasteiger partial charge in [-0.3, -0.25) is 0 Å². The van der Waals surface area contributed by atoms with Gasteiger partial charge in [-0.2, -0.15) is 0 Å². The Hall–Kier alpha value is 2.06. The molecular weight excluding hydrogens is 365 g/mol. The molecule has 130 valence electrons. The predicted molar refractivity (Wildman–Crippen MR) is 93.4 cm³/mol. The van der Waals surface area contributed by atoms with Crippen LogP contribution in [-0.2, 0) is 23.6 Å². The first-order valence-corrected chi connectivity index (χ1v) is 11.7. The summed E-state index contributed by atoms with van der Waals surface area (Å²) in [6, 6.07) is 0. The molecule has 0 amide bonds. The molecule has 0 rings (SSSR count). The van der Waals surface area contributed by atoms with Gasteiger partial charge in [0.1, 0.15) is 0 Å². The topological polar surface area (TPSA) is 121 Å². The molecule has 0 saturated heterocycles. The van der Waals surface area contributed by atoms with Crippen molar-refractivity contribution in [3.8, 4) is 0 Å². The molecule has 0 aliphatic carbocycles. The van der Waals surface area contributed by atoms with E-state index in [1.807, 2.05) is 0 Å². The Balaban J connectivity index is -0.0000000376. The number of unbranched alkanes of at least 4 members (excludes halogenated alkanes) is 4. The molecule has 0 aliphatic heterocycles. The summed E-state index contributed by atoms with van der Waals surface area (Å²) in [5, 5.41) is 0. The van der Waals surface area contributed by atoms with Gasteiger partial charge in [0.2, 0.25) is 0 Å². The van der Waals surface area contributed by atoms with Crippen molar-refractivity contribution in [2.24, 2.45) is 0 Å². The van der Waals surface area contributed by atoms with Crippen molar-refractivity contribution in [2.45, 2.75) is 66.2 Å². The molecule has 0 atom stereocenters. The summed E-state index contributed by atoms with van der Waals surface area (Å²) in [4.78, 5) is 45.3. The third-order valence-corrected chi connectivity index (χ3v) is 1.41. The summed E-state index contributed by atoms with van der Waals surface area (Å²) in [5.74, 6) is 0. The number of rotatable bonds is 4. The fourth-order valence-electron chi connectivity index (χ4n) is 0.707. The predicted octanol–water partition coefficient (Wildman–Crippen LogP) is -0.115. The maximum atomic E-state index is 7.56. The van der Waals surface area contributed by atoms with Gasteiger partial charge in [-0.15, -0.1) is 0 Å². The van der Waals surface area contributed by atoms with Gasteiger partial charge < -0.3 is 30.8 Å². The minimum absolute atomic E-state index is 0. The first-order valence-electron chi connectivity index (χ1n) is 6.39. The van der Waals surface area contributed by atoms with Gasteiger partial charge in [0.15, 0.2) is 0 Å². The van der Waals surface area contributed by atoms with Crippen LogP contribution < -0.4 is 29.6 Å². The number of hydrogen-bond donors (Lipinski definition) is 6. The van der Waals surface area contributed by atoms with Crippen LogP contribution in [0.4, 0.5) is 0 Å². The molecule has 0 aromatic carbocycles. The van der Waals surface area contributed by atoms with Crippen LogP contribution in [0.3, 0.4) is 0 Å². The fourth-order valence-corrected chi connectivity index (χ4v) is 0.707. The second kappa shape index (κ2) is 24.3. The van der Waals surface area contributed by atoms with Crippen LogP contribution in [0, 0.1) is 0 Å². The Labute approximate surface area is 162 Å². The Morgan fingerprint density at radius 2 is 0.714 bits per heavy atom. The van der Waals surface area contributed by atoms with Crippen LogP contribution in [0.1, 0.15) is 67.6 Å². The van der Waals surface area contributed by atoms with Gasteiger partial charge in [-0.25, -0.2) is 0 Å².